The largest absolute Gasteiger partial charge is 0.480 e. The molecule has 10 heteroatoms. The molecule has 0 spiro atoms. The summed E-state index contributed by atoms with van der Waals surface area (Å²) in [6.45, 7) is 0.663. The number of carbonyl (C=O) groups is 1. The molecule has 0 radical (unpaired) electrons. The van der Waals surface area contributed by atoms with Gasteiger partial charge in [-0.2, -0.15) is 0 Å². The molecular weight excluding hydrogens is 477 g/mol. The zero-order valence-electron chi connectivity index (χ0n) is 17.3. The summed E-state index contributed by atoms with van der Waals surface area (Å²) < 4.78 is 17.1. The van der Waals surface area contributed by atoms with Crippen molar-refractivity contribution in [3.8, 4) is 11.6 Å². The maximum atomic E-state index is 12.3. The Morgan fingerprint density at radius 3 is 2.72 bits per heavy atom. The van der Waals surface area contributed by atoms with Gasteiger partial charge in [0.15, 0.2) is 6.10 Å². The van der Waals surface area contributed by atoms with Gasteiger partial charge < -0.3 is 19.9 Å². The Morgan fingerprint density at radius 1 is 1.25 bits per heavy atom. The minimum absolute atomic E-state index is 0.0255. The topological polar surface area (TPSA) is 88.6 Å². The molecule has 1 aromatic heterocycles. The van der Waals surface area contributed by atoms with Gasteiger partial charge in [-0.3, -0.25) is 9.48 Å². The maximum absolute atomic E-state index is 12.3. The van der Waals surface area contributed by atoms with Crippen LogP contribution in [0.5, 0.6) is 11.6 Å². The molecule has 1 aliphatic heterocycles. The summed E-state index contributed by atoms with van der Waals surface area (Å²) in [5.41, 5.74) is 6.84. The summed E-state index contributed by atoms with van der Waals surface area (Å²) in [6.07, 6.45) is 4.77. The third-order valence-corrected chi connectivity index (χ3v) is 7.37. The van der Waals surface area contributed by atoms with Crippen molar-refractivity contribution in [3.63, 3.8) is 0 Å². The highest BCUT2D eigenvalue weighted by Crippen LogP contribution is 2.75. The van der Waals surface area contributed by atoms with Crippen LogP contribution in [0.3, 0.4) is 0 Å². The van der Waals surface area contributed by atoms with Gasteiger partial charge in [0.2, 0.25) is 5.88 Å². The highest BCUT2D eigenvalue weighted by Gasteiger charge is 2.71. The first-order valence-corrected chi connectivity index (χ1v) is 11.8. The number of primary amides is 1. The lowest BCUT2D eigenvalue weighted by Crippen LogP contribution is -2.69. The Labute approximate surface area is 201 Å². The van der Waals surface area contributed by atoms with Crippen LogP contribution in [0.2, 0.25) is 0 Å². The average Bonchev–Trinajstić information content (AvgIpc) is 3.11. The number of nitrogens with two attached hydrogens (primary N) is 1. The van der Waals surface area contributed by atoms with Gasteiger partial charge in [-0.05, 0) is 36.8 Å². The van der Waals surface area contributed by atoms with Crippen LogP contribution in [0.1, 0.15) is 30.9 Å². The smallest absolute Gasteiger partial charge is 0.297 e. The van der Waals surface area contributed by atoms with Crippen molar-refractivity contribution in [1.82, 2.24) is 9.78 Å². The Bertz CT molecular complexity index is 1000. The molecule has 1 amide bonds. The quantitative estimate of drug-likeness (QED) is 0.436. The zero-order chi connectivity index (χ0) is 22.5. The first kappa shape index (κ1) is 22.1. The summed E-state index contributed by atoms with van der Waals surface area (Å²) in [5.74, 6) is 1.46. The molecule has 3 saturated carbocycles. The van der Waals surface area contributed by atoms with E-state index in [1.165, 1.54) is 0 Å². The average molecular weight is 501 g/mol. The second-order valence-corrected chi connectivity index (χ2v) is 11.0. The number of halogens is 3. The molecule has 6 rings (SSSR count). The lowest BCUT2D eigenvalue weighted by atomic mass is 9.35. The van der Waals surface area contributed by atoms with Crippen LogP contribution in [0, 0.1) is 17.3 Å². The van der Waals surface area contributed by atoms with Crippen molar-refractivity contribution in [2.75, 3.05) is 13.2 Å². The third kappa shape index (κ3) is 3.94. The molecule has 2 bridgehead atoms. The van der Waals surface area contributed by atoms with Crippen LogP contribution in [-0.2, 0) is 16.0 Å². The molecule has 3 aliphatic carbocycles. The van der Waals surface area contributed by atoms with E-state index in [1.54, 1.807) is 0 Å². The molecule has 32 heavy (non-hydrogen) atoms. The van der Waals surface area contributed by atoms with Gasteiger partial charge in [0.1, 0.15) is 5.75 Å². The molecule has 3 fully saturated rings. The van der Waals surface area contributed by atoms with E-state index in [2.05, 4.69) is 11.2 Å². The van der Waals surface area contributed by atoms with E-state index in [9.17, 15) is 4.79 Å². The van der Waals surface area contributed by atoms with Gasteiger partial charge in [-0.1, -0.05) is 53.0 Å². The van der Waals surface area contributed by atoms with Crippen molar-refractivity contribution in [2.24, 2.45) is 23.0 Å². The van der Waals surface area contributed by atoms with Crippen molar-refractivity contribution < 1.29 is 19.0 Å². The van der Waals surface area contributed by atoms with E-state index in [0.717, 1.165) is 30.6 Å². The van der Waals surface area contributed by atoms with Crippen LogP contribution in [-0.4, -0.2) is 39.0 Å². The molecule has 7 nitrogen and oxygen atoms in total. The molecule has 4 aliphatic rings. The molecule has 2 N–H and O–H groups in total. The molecule has 172 valence electrons. The van der Waals surface area contributed by atoms with Crippen molar-refractivity contribution >= 4 is 40.7 Å². The molecule has 0 saturated heterocycles. The van der Waals surface area contributed by atoms with Gasteiger partial charge in [0, 0.05) is 30.0 Å². The lowest BCUT2D eigenvalue weighted by molar-refractivity contribution is -0.235. The molecule has 1 aromatic carbocycles. The van der Waals surface area contributed by atoms with Crippen LogP contribution >= 0.6 is 34.8 Å². The predicted octanol–water partition coefficient (Wildman–Crippen LogP) is 4.05. The van der Waals surface area contributed by atoms with Crippen molar-refractivity contribution in [1.29, 1.82) is 0 Å². The summed E-state index contributed by atoms with van der Waals surface area (Å²) >= 11 is 16.7. The fraction of sp³-hybridized carbons (Fsp3) is 0.545. The van der Waals surface area contributed by atoms with Gasteiger partial charge in [0.25, 0.3) is 9.89 Å². The first-order valence-electron chi connectivity index (χ1n) is 10.7. The van der Waals surface area contributed by atoms with Crippen molar-refractivity contribution in [2.45, 2.75) is 41.8 Å². The van der Waals surface area contributed by atoms with E-state index in [1.807, 2.05) is 35.1 Å². The van der Waals surface area contributed by atoms with Gasteiger partial charge in [0.05, 0.1) is 19.3 Å². The number of ether oxygens (including phenoxy) is 3. The number of aromatic nitrogens is 2. The number of nitrogens with zero attached hydrogens (tertiary/aromatic N) is 2. The standard InChI is InChI=1S/C22H24Cl3N3O4/c23-22(24,25)31-9-3-8-30-17-6-7-28(27-17)19-14-11-21(19,12-14)15-10-13-4-1-2-5-16(13)32-18(15)20(26)29/h1-2,4-7,14-15,18-19H,3,8-12H2,(H2,26,29). The second-order valence-electron chi connectivity index (χ2n) is 8.84. The van der Waals surface area contributed by atoms with E-state index in [0.29, 0.717) is 24.8 Å². The van der Waals surface area contributed by atoms with Crippen LogP contribution in [0.25, 0.3) is 0 Å². The molecule has 2 aromatic rings. The number of alkyl halides is 3. The summed E-state index contributed by atoms with van der Waals surface area (Å²) in [5, 5.41) is 4.63. The van der Waals surface area contributed by atoms with E-state index < -0.39 is 16.0 Å². The fourth-order valence-electron chi connectivity index (χ4n) is 5.62. The first-order chi connectivity index (χ1) is 15.3. The number of hydrogen-bond acceptors (Lipinski definition) is 5. The van der Waals surface area contributed by atoms with Gasteiger partial charge >= 0.3 is 0 Å². The zero-order valence-corrected chi connectivity index (χ0v) is 19.5. The summed E-state index contributed by atoms with van der Waals surface area (Å²) in [4.78, 5) is 12.3. The number of hydrogen-bond donors (Lipinski definition) is 1. The molecule has 2 heterocycles. The molecule has 3 unspecified atom stereocenters. The normalized spacial score (nSPS) is 30.5. The SMILES string of the molecule is NC(=O)C1Oc2ccccc2CC1C12CC(C1)C2n1ccc(OCCCOC(Cl)(Cl)Cl)n1. The van der Waals surface area contributed by atoms with E-state index in [-0.39, 0.29) is 24.0 Å². The Hall–Kier alpha value is -1.67. The molecular formula is C22H24Cl3N3O4. The fourth-order valence-corrected chi connectivity index (χ4v) is 5.85. The summed E-state index contributed by atoms with van der Waals surface area (Å²) in [6, 6.07) is 9.94. The Balaban J connectivity index is 1.25. The third-order valence-electron chi connectivity index (χ3n) is 7.04. The van der Waals surface area contributed by atoms with Gasteiger partial charge in [-0.15, -0.1) is 5.10 Å². The van der Waals surface area contributed by atoms with Crippen LogP contribution < -0.4 is 15.2 Å². The van der Waals surface area contributed by atoms with E-state index >= 15 is 0 Å². The minimum Gasteiger partial charge on any atom is -0.480 e. The highest BCUT2D eigenvalue weighted by atomic mass is 35.6. The predicted molar refractivity (Wildman–Crippen MR) is 120 cm³/mol. The highest BCUT2D eigenvalue weighted by molar-refractivity contribution is 6.66. The van der Waals surface area contributed by atoms with Crippen molar-refractivity contribution in [3.05, 3.63) is 42.1 Å². The summed E-state index contributed by atoms with van der Waals surface area (Å²) in [7, 11) is 0. The Kier molecular flexibility index (Phi) is 5.73. The number of rotatable bonds is 8. The van der Waals surface area contributed by atoms with E-state index in [4.69, 9.17) is 54.7 Å². The number of para-hydroxylation sites is 1. The number of amides is 1. The molecule has 3 atom stereocenters. The second kappa shape index (κ2) is 8.28. The lowest BCUT2D eigenvalue weighted by Gasteiger charge is -2.71. The van der Waals surface area contributed by atoms with Crippen LogP contribution in [0.4, 0.5) is 0 Å². The van der Waals surface area contributed by atoms with Gasteiger partial charge in [-0.25, -0.2) is 0 Å². The number of benzene rings is 1. The number of carbonyl (C=O) groups excluding carboxylic acids is 1. The minimum atomic E-state index is -1.72. The maximum Gasteiger partial charge on any atom is 0.297 e. The number of fused-ring (bicyclic) bond motifs is 1. The Morgan fingerprint density at radius 2 is 2.03 bits per heavy atom. The van der Waals surface area contributed by atoms with Crippen LogP contribution in [0.15, 0.2) is 36.5 Å². The monoisotopic (exact) mass is 499 g/mol.